The molecule has 0 amide bonds. The summed E-state index contributed by atoms with van der Waals surface area (Å²) in [7, 11) is 3.26. The maximum atomic E-state index is 6.25. The number of rotatable bonds is 4. The van der Waals surface area contributed by atoms with Crippen LogP contribution >= 0.6 is 11.6 Å². The van der Waals surface area contributed by atoms with Crippen LogP contribution in [0.4, 0.5) is 0 Å². The van der Waals surface area contributed by atoms with E-state index in [0.717, 1.165) is 28.0 Å². The zero-order valence-corrected chi connectivity index (χ0v) is 13.5. The number of benzene rings is 2. The van der Waals surface area contributed by atoms with Gasteiger partial charge in [-0.1, -0.05) is 29.8 Å². The maximum Gasteiger partial charge on any atom is 0.154 e. The third-order valence-corrected chi connectivity index (χ3v) is 3.71. The molecule has 3 rings (SSSR count). The summed E-state index contributed by atoms with van der Waals surface area (Å²) in [6, 6.07) is 13.3. The van der Waals surface area contributed by atoms with E-state index < -0.39 is 0 Å². The standard InChI is InChI=1S/C18H15ClN2O2/c1-22-13-8-9-14-15(11-13)20-17(21-18(14)19)10-7-12-5-3-4-6-16(12)23-2/h3-11H,1-2H3/b10-7+. The van der Waals surface area contributed by atoms with Gasteiger partial charge in [0, 0.05) is 17.0 Å². The van der Waals surface area contributed by atoms with Gasteiger partial charge in [0.05, 0.1) is 19.7 Å². The van der Waals surface area contributed by atoms with Gasteiger partial charge in [-0.15, -0.1) is 0 Å². The predicted molar refractivity (Wildman–Crippen MR) is 93.0 cm³/mol. The lowest BCUT2D eigenvalue weighted by Gasteiger charge is -2.05. The van der Waals surface area contributed by atoms with Crippen LogP contribution in [0.15, 0.2) is 42.5 Å². The van der Waals surface area contributed by atoms with Gasteiger partial charge in [-0.25, -0.2) is 9.97 Å². The van der Waals surface area contributed by atoms with Crippen molar-refractivity contribution in [1.29, 1.82) is 0 Å². The van der Waals surface area contributed by atoms with Gasteiger partial charge >= 0.3 is 0 Å². The molecule has 0 saturated carbocycles. The average Bonchev–Trinajstić information content (AvgIpc) is 2.59. The number of hydrogen-bond acceptors (Lipinski definition) is 4. The van der Waals surface area contributed by atoms with Crippen molar-refractivity contribution in [2.24, 2.45) is 0 Å². The van der Waals surface area contributed by atoms with Crippen molar-refractivity contribution >= 4 is 34.7 Å². The summed E-state index contributed by atoms with van der Waals surface area (Å²) >= 11 is 6.25. The summed E-state index contributed by atoms with van der Waals surface area (Å²) in [6.07, 6.45) is 3.71. The number of fused-ring (bicyclic) bond motifs is 1. The van der Waals surface area contributed by atoms with Crippen LogP contribution in [-0.2, 0) is 0 Å². The second-order valence-electron chi connectivity index (χ2n) is 4.83. The fraction of sp³-hybridized carbons (Fsp3) is 0.111. The minimum Gasteiger partial charge on any atom is -0.497 e. The van der Waals surface area contributed by atoms with Crippen LogP contribution in [0, 0.1) is 0 Å². The largest absolute Gasteiger partial charge is 0.497 e. The molecule has 0 unspecified atom stereocenters. The first-order chi connectivity index (χ1) is 11.2. The summed E-state index contributed by atoms with van der Waals surface area (Å²) in [5.74, 6) is 2.05. The van der Waals surface area contributed by atoms with Gasteiger partial charge in [-0.3, -0.25) is 0 Å². The van der Waals surface area contributed by atoms with Gasteiger partial charge in [0.25, 0.3) is 0 Å². The summed E-state index contributed by atoms with van der Waals surface area (Å²) in [5.41, 5.74) is 1.68. The highest BCUT2D eigenvalue weighted by molar-refractivity contribution is 6.34. The zero-order chi connectivity index (χ0) is 16.2. The Hall–Kier alpha value is -2.59. The van der Waals surface area contributed by atoms with E-state index in [1.54, 1.807) is 14.2 Å². The summed E-state index contributed by atoms with van der Waals surface area (Å²) in [5, 5.41) is 1.21. The molecule has 4 nitrogen and oxygen atoms in total. The van der Waals surface area contributed by atoms with Gasteiger partial charge in [0.2, 0.25) is 0 Å². The number of para-hydroxylation sites is 1. The van der Waals surface area contributed by atoms with E-state index in [4.69, 9.17) is 21.1 Å². The normalized spacial score (nSPS) is 11.1. The Kier molecular flexibility index (Phi) is 4.44. The smallest absolute Gasteiger partial charge is 0.154 e. The van der Waals surface area contributed by atoms with Crippen molar-refractivity contribution in [3.63, 3.8) is 0 Å². The van der Waals surface area contributed by atoms with E-state index in [9.17, 15) is 0 Å². The summed E-state index contributed by atoms with van der Waals surface area (Å²) in [6.45, 7) is 0. The fourth-order valence-electron chi connectivity index (χ4n) is 2.26. The first kappa shape index (κ1) is 15.3. The van der Waals surface area contributed by atoms with E-state index in [1.807, 2.05) is 54.6 Å². The Balaban J connectivity index is 2.01. The molecular formula is C18H15ClN2O2. The molecule has 0 fully saturated rings. The molecule has 0 bridgehead atoms. The van der Waals surface area contributed by atoms with Crippen LogP contribution in [0.25, 0.3) is 23.1 Å². The van der Waals surface area contributed by atoms with Crippen molar-refractivity contribution in [1.82, 2.24) is 9.97 Å². The van der Waals surface area contributed by atoms with Crippen molar-refractivity contribution in [3.05, 3.63) is 59.0 Å². The van der Waals surface area contributed by atoms with Gasteiger partial charge in [-0.2, -0.15) is 0 Å². The number of nitrogens with zero attached hydrogens (tertiary/aromatic N) is 2. The highest BCUT2D eigenvalue weighted by atomic mass is 35.5. The lowest BCUT2D eigenvalue weighted by molar-refractivity contribution is 0.414. The van der Waals surface area contributed by atoms with E-state index in [0.29, 0.717) is 11.0 Å². The van der Waals surface area contributed by atoms with Gasteiger partial charge in [0.15, 0.2) is 5.82 Å². The lowest BCUT2D eigenvalue weighted by Crippen LogP contribution is -1.92. The number of halogens is 1. The molecule has 0 aliphatic heterocycles. The first-order valence-corrected chi connectivity index (χ1v) is 7.41. The molecule has 0 saturated heterocycles. The highest BCUT2D eigenvalue weighted by Gasteiger charge is 2.06. The number of methoxy groups -OCH3 is 2. The molecule has 116 valence electrons. The van der Waals surface area contributed by atoms with Crippen molar-refractivity contribution < 1.29 is 9.47 Å². The van der Waals surface area contributed by atoms with E-state index >= 15 is 0 Å². The molecule has 23 heavy (non-hydrogen) atoms. The minimum atomic E-state index is 0.414. The van der Waals surface area contributed by atoms with Gasteiger partial charge < -0.3 is 9.47 Å². The fourth-order valence-corrected chi connectivity index (χ4v) is 2.50. The molecule has 3 aromatic rings. The average molecular weight is 327 g/mol. The van der Waals surface area contributed by atoms with Crippen LogP contribution in [-0.4, -0.2) is 24.2 Å². The molecule has 1 aromatic heterocycles. The Bertz CT molecular complexity index is 878. The number of hydrogen-bond donors (Lipinski definition) is 0. The maximum absolute atomic E-state index is 6.25. The molecule has 1 heterocycles. The Morgan fingerprint density at radius 2 is 1.78 bits per heavy atom. The Labute approximate surface area is 139 Å². The van der Waals surface area contributed by atoms with Crippen LogP contribution in [0.3, 0.4) is 0 Å². The molecule has 0 atom stereocenters. The molecule has 2 aromatic carbocycles. The van der Waals surface area contributed by atoms with E-state index in [1.165, 1.54) is 0 Å². The SMILES string of the molecule is COc1ccc2c(Cl)nc(/C=C/c3ccccc3OC)nc2c1. The Morgan fingerprint density at radius 3 is 2.57 bits per heavy atom. The molecule has 0 N–H and O–H groups in total. The second-order valence-corrected chi connectivity index (χ2v) is 5.19. The van der Waals surface area contributed by atoms with Crippen LogP contribution in [0.1, 0.15) is 11.4 Å². The quantitative estimate of drug-likeness (QED) is 0.663. The monoisotopic (exact) mass is 326 g/mol. The van der Waals surface area contributed by atoms with E-state index in [-0.39, 0.29) is 0 Å². The highest BCUT2D eigenvalue weighted by Crippen LogP contribution is 2.25. The predicted octanol–water partition coefficient (Wildman–Crippen LogP) is 4.47. The molecule has 0 aliphatic carbocycles. The molecular weight excluding hydrogens is 312 g/mol. The van der Waals surface area contributed by atoms with Crippen molar-refractivity contribution in [2.45, 2.75) is 0 Å². The number of aromatic nitrogens is 2. The summed E-state index contributed by atoms with van der Waals surface area (Å²) < 4.78 is 10.5. The van der Waals surface area contributed by atoms with Crippen LogP contribution in [0.2, 0.25) is 5.15 Å². The van der Waals surface area contributed by atoms with Crippen LogP contribution < -0.4 is 9.47 Å². The first-order valence-electron chi connectivity index (χ1n) is 7.03. The van der Waals surface area contributed by atoms with Gasteiger partial charge in [0.1, 0.15) is 16.7 Å². The molecule has 5 heteroatoms. The van der Waals surface area contributed by atoms with Crippen molar-refractivity contribution in [3.8, 4) is 11.5 Å². The number of ether oxygens (including phenoxy) is 2. The molecule has 0 spiro atoms. The summed E-state index contributed by atoms with van der Waals surface area (Å²) in [4.78, 5) is 8.83. The van der Waals surface area contributed by atoms with E-state index in [2.05, 4.69) is 9.97 Å². The third kappa shape index (κ3) is 3.27. The topological polar surface area (TPSA) is 44.2 Å². The minimum absolute atomic E-state index is 0.414. The third-order valence-electron chi connectivity index (χ3n) is 3.43. The molecule has 0 radical (unpaired) electrons. The van der Waals surface area contributed by atoms with Crippen LogP contribution in [0.5, 0.6) is 11.5 Å². The molecule has 0 aliphatic rings. The van der Waals surface area contributed by atoms with Crippen molar-refractivity contribution in [2.75, 3.05) is 14.2 Å². The lowest BCUT2D eigenvalue weighted by atomic mass is 10.2. The Morgan fingerprint density at radius 1 is 0.957 bits per heavy atom. The second kappa shape index (κ2) is 6.67. The zero-order valence-electron chi connectivity index (χ0n) is 12.8. The van der Waals surface area contributed by atoms with Gasteiger partial charge in [-0.05, 0) is 30.4 Å².